The normalized spacial score (nSPS) is 10.6. The third kappa shape index (κ3) is 4.78. The number of hydrogen-bond donors (Lipinski definition) is 0. The van der Waals surface area contributed by atoms with Gasteiger partial charge in [-0.1, -0.05) is 29.8 Å². The van der Waals surface area contributed by atoms with Crippen molar-refractivity contribution in [2.75, 3.05) is 0 Å². The van der Waals surface area contributed by atoms with Crippen LogP contribution in [-0.4, -0.2) is 10.5 Å². The summed E-state index contributed by atoms with van der Waals surface area (Å²) in [7, 11) is 0. The molecule has 0 N–H and O–H groups in total. The van der Waals surface area contributed by atoms with Gasteiger partial charge in [0.05, 0.1) is 10.2 Å². The van der Waals surface area contributed by atoms with Crippen LogP contribution in [0.1, 0.15) is 23.7 Å². The van der Waals surface area contributed by atoms with E-state index in [9.17, 15) is 9.59 Å². The molecule has 1 aromatic heterocycles. The third-order valence-corrected chi connectivity index (χ3v) is 4.72. The minimum Gasteiger partial charge on any atom is -0.459 e. The van der Waals surface area contributed by atoms with E-state index < -0.39 is 0 Å². The number of carbonyl (C=O) groups excluding carboxylic acids is 1. The number of esters is 1. The molecule has 0 saturated heterocycles. The summed E-state index contributed by atoms with van der Waals surface area (Å²) in [4.78, 5) is 23.5. The molecule has 0 unspecified atom stereocenters. The Hall–Kier alpha value is -1.40. The van der Waals surface area contributed by atoms with E-state index in [0.717, 1.165) is 16.5 Å². The standard InChI is InChI=1S/C17H17Br2NO3/c1-11-3-5-13(6-4-11)7-8-20-16(10-23-12(2)21)14(18)9-15(19)17(20)22/h3-6,9H,7-8,10H2,1-2H3. The van der Waals surface area contributed by atoms with Crippen LogP contribution in [0.4, 0.5) is 0 Å². The molecule has 6 heteroatoms. The van der Waals surface area contributed by atoms with Gasteiger partial charge in [-0.25, -0.2) is 0 Å². The van der Waals surface area contributed by atoms with Crippen LogP contribution in [0.25, 0.3) is 0 Å². The number of aromatic nitrogens is 1. The van der Waals surface area contributed by atoms with Crippen molar-refractivity contribution in [1.82, 2.24) is 4.57 Å². The van der Waals surface area contributed by atoms with Gasteiger partial charge in [0.2, 0.25) is 0 Å². The second-order valence-corrected chi connectivity index (χ2v) is 6.97. The fourth-order valence-corrected chi connectivity index (χ4v) is 3.49. The van der Waals surface area contributed by atoms with E-state index in [4.69, 9.17) is 4.74 Å². The maximum Gasteiger partial charge on any atom is 0.303 e. The van der Waals surface area contributed by atoms with Crippen molar-refractivity contribution in [3.8, 4) is 0 Å². The Labute approximate surface area is 151 Å². The van der Waals surface area contributed by atoms with Crippen LogP contribution in [0.2, 0.25) is 0 Å². The fraction of sp³-hybridized carbons (Fsp3) is 0.294. The average molecular weight is 443 g/mol. The van der Waals surface area contributed by atoms with Crippen molar-refractivity contribution in [2.24, 2.45) is 0 Å². The van der Waals surface area contributed by atoms with Gasteiger partial charge in [-0.05, 0) is 56.8 Å². The molecule has 0 fully saturated rings. The van der Waals surface area contributed by atoms with Crippen LogP contribution in [0.5, 0.6) is 0 Å². The Morgan fingerprint density at radius 2 is 1.83 bits per heavy atom. The van der Waals surface area contributed by atoms with Gasteiger partial charge in [0, 0.05) is 17.9 Å². The number of pyridine rings is 1. The zero-order valence-corrected chi connectivity index (χ0v) is 16.1. The van der Waals surface area contributed by atoms with Gasteiger partial charge < -0.3 is 9.30 Å². The number of rotatable bonds is 5. The first-order chi connectivity index (χ1) is 10.9. The van der Waals surface area contributed by atoms with Crippen molar-refractivity contribution in [3.05, 3.63) is 66.5 Å². The van der Waals surface area contributed by atoms with Crippen molar-refractivity contribution in [3.63, 3.8) is 0 Å². The molecule has 0 atom stereocenters. The topological polar surface area (TPSA) is 48.3 Å². The van der Waals surface area contributed by atoms with Crippen LogP contribution >= 0.6 is 31.9 Å². The summed E-state index contributed by atoms with van der Waals surface area (Å²) in [6, 6.07) is 9.89. The lowest BCUT2D eigenvalue weighted by molar-refractivity contribution is -0.142. The highest BCUT2D eigenvalue weighted by atomic mass is 79.9. The molecule has 0 radical (unpaired) electrons. The number of hydrogen-bond acceptors (Lipinski definition) is 3. The smallest absolute Gasteiger partial charge is 0.303 e. The summed E-state index contributed by atoms with van der Waals surface area (Å²) in [5.41, 5.74) is 2.87. The lowest BCUT2D eigenvalue weighted by Crippen LogP contribution is -2.26. The van der Waals surface area contributed by atoms with E-state index in [1.165, 1.54) is 12.5 Å². The first kappa shape index (κ1) is 17.9. The van der Waals surface area contributed by atoms with Crippen molar-refractivity contribution in [2.45, 2.75) is 33.4 Å². The molecule has 0 aliphatic heterocycles. The van der Waals surface area contributed by atoms with Gasteiger partial charge in [0.25, 0.3) is 5.56 Å². The Morgan fingerprint density at radius 3 is 2.43 bits per heavy atom. The largest absolute Gasteiger partial charge is 0.459 e. The summed E-state index contributed by atoms with van der Waals surface area (Å²) < 4.78 is 7.91. The van der Waals surface area contributed by atoms with Crippen LogP contribution in [0.15, 0.2) is 44.1 Å². The third-order valence-electron chi connectivity index (χ3n) is 3.46. The van der Waals surface area contributed by atoms with Crippen LogP contribution in [0.3, 0.4) is 0 Å². The Morgan fingerprint density at radius 1 is 1.17 bits per heavy atom. The maximum absolute atomic E-state index is 12.4. The summed E-state index contributed by atoms with van der Waals surface area (Å²) in [5.74, 6) is -0.377. The summed E-state index contributed by atoms with van der Waals surface area (Å²) in [6.45, 7) is 3.96. The molecule has 0 spiro atoms. The number of nitrogens with zero attached hydrogens (tertiary/aromatic N) is 1. The van der Waals surface area contributed by atoms with Gasteiger partial charge in [-0.3, -0.25) is 9.59 Å². The number of ether oxygens (including phenoxy) is 1. The molecule has 0 saturated carbocycles. The molecular formula is C17H17Br2NO3. The van der Waals surface area contributed by atoms with E-state index in [2.05, 4.69) is 56.1 Å². The molecule has 1 heterocycles. The summed E-state index contributed by atoms with van der Waals surface area (Å²) >= 11 is 6.71. The van der Waals surface area contributed by atoms with E-state index in [1.54, 1.807) is 10.6 Å². The van der Waals surface area contributed by atoms with Crippen molar-refractivity contribution in [1.29, 1.82) is 0 Å². The highest BCUT2D eigenvalue weighted by Gasteiger charge is 2.13. The number of carbonyl (C=O) groups is 1. The fourth-order valence-electron chi connectivity index (χ4n) is 2.19. The van der Waals surface area contributed by atoms with E-state index in [1.807, 2.05) is 6.92 Å². The van der Waals surface area contributed by atoms with E-state index >= 15 is 0 Å². The molecular weight excluding hydrogens is 426 g/mol. The van der Waals surface area contributed by atoms with Crippen molar-refractivity contribution >= 4 is 37.8 Å². The van der Waals surface area contributed by atoms with Gasteiger partial charge >= 0.3 is 5.97 Å². The SMILES string of the molecule is CC(=O)OCc1c(Br)cc(Br)c(=O)n1CCc1ccc(C)cc1. The monoisotopic (exact) mass is 441 g/mol. The molecule has 0 bridgehead atoms. The molecule has 2 aromatic rings. The van der Waals surface area contributed by atoms with Crippen LogP contribution in [-0.2, 0) is 29.1 Å². The maximum atomic E-state index is 12.4. The van der Waals surface area contributed by atoms with Gasteiger partial charge in [-0.15, -0.1) is 0 Å². The quantitative estimate of drug-likeness (QED) is 0.657. The molecule has 0 aliphatic carbocycles. The molecule has 0 aliphatic rings. The Balaban J connectivity index is 2.29. The molecule has 4 nitrogen and oxygen atoms in total. The number of halogens is 2. The zero-order valence-electron chi connectivity index (χ0n) is 12.9. The predicted molar refractivity (Wildman–Crippen MR) is 96.5 cm³/mol. The summed E-state index contributed by atoms with van der Waals surface area (Å²) in [6.07, 6.45) is 0.718. The van der Waals surface area contributed by atoms with Crippen molar-refractivity contribution < 1.29 is 9.53 Å². The molecule has 122 valence electrons. The van der Waals surface area contributed by atoms with E-state index in [-0.39, 0.29) is 18.1 Å². The van der Waals surface area contributed by atoms with Gasteiger partial charge in [0.1, 0.15) is 6.61 Å². The van der Waals surface area contributed by atoms with Crippen LogP contribution < -0.4 is 5.56 Å². The second kappa shape index (κ2) is 7.93. The van der Waals surface area contributed by atoms with E-state index in [0.29, 0.717) is 16.7 Å². The van der Waals surface area contributed by atoms with Crippen LogP contribution in [0, 0.1) is 6.92 Å². The minimum atomic E-state index is -0.377. The lowest BCUT2D eigenvalue weighted by Gasteiger charge is -2.15. The first-order valence-electron chi connectivity index (χ1n) is 7.15. The number of benzene rings is 1. The van der Waals surface area contributed by atoms with Gasteiger partial charge in [0.15, 0.2) is 0 Å². The zero-order chi connectivity index (χ0) is 17.0. The molecule has 0 amide bonds. The molecule has 1 aromatic carbocycles. The summed E-state index contributed by atoms with van der Waals surface area (Å²) in [5, 5.41) is 0. The Kier molecular flexibility index (Phi) is 6.18. The highest BCUT2D eigenvalue weighted by molar-refractivity contribution is 9.11. The minimum absolute atomic E-state index is 0.0618. The lowest BCUT2D eigenvalue weighted by atomic mass is 10.1. The highest BCUT2D eigenvalue weighted by Crippen LogP contribution is 2.20. The Bertz CT molecular complexity index is 767. The molecule has 23 heavy (non-hydrogen) atoms. The molecule has 2 rings (SSSR count). The van der Waals surface area contributed by atoms with Gasteiger partial charge in [-0.2, -0.15) is 0 Å². The average Bonchev–Trinajstić information content (AvgIpc) is 2.50. The number of aryl methyl sites for hydroxylation is 2. The first-order valence-corrected chi connectivity index (χ1v) is 8.73. The predicted octanol–water partition coefficient (Wildman–Crippen LogP) is 3.99. The second-order valence-electron chi connectivity index (χ2n) is 5.26.